The van der Waals surface area contributed by atoms with E-state index in [2.05, 4.69) is 24.4 Å². The van der Waals surface area contributed by atoms with Gasteiger partial charge >= 0.3 is 0 Å². The molecule has 0 aliphatic carbocycles. The normalized spacial score (nSPS) is 16.5. The predicted octanol–water partition coefficient (Wildman–Crippen LogP) is 2.71. The maximum absolute atomic E-state index is 10.5. The number of aliphatic hydroxyl groups is 1. The van der Waals surface area contributed by atoms with Gasteiger partial charge in [-0.1, -0.05) is 60.2 Å². The number of piperidine rings is 1. The summed E-state index contributed by atoms with van der Waals surface area (Å²) in [6, 6.07) is 18.2. The summed E-state index contributed by atoms with van der Waals surface area (Å²) >= 11 is 0. The first kappa shape index (κ1) is 16.7. The van der Waals surface area contributed by atoms with Crippen molar-refractivity contribution in [2.45, 2.75) is 31.9 Å². The first-order valence-corrected chi connectivity index (χ1v) is 7.88. The maximum Gasteiger partial charge on any atom is 0.0920 e. The summed E-state index contributed by atoms with van der Waals surface area (Å²) in [4.78, 5) is 0. The molecular weight excluding hydrogens is 272 g/mol. The Bertz CT molecular complexity index is 563. The quantitative estimate of drug-likeness (QED) is 0.799. The Labute approximate surface area is 133 Å². The fourth-order valence-corrected chi connectivity index (χ4v) is 2.65. The van der Waals surface area contributed by atoms with Crippen LogP contribution in [0.1, 0.15) is 29.5 Å². The van der Waals surface area contributed by atoms with E-state index >= 15 is 0 Å². The third-order valence-electron chi connectivity index (χ3n) is 4.07. The van der Waals surface area contributed by atoms with Gasteiger partial charge in [-0.25, -0.2) is 0 Å². The van der Waals surface area contributed by atoms with Crippen LogP contribution in [0.2, 0.25) is 0 Å². The molecule has 22 heavy (non-hydrogen) atoms. The lowest BCUT2D eigenvalue weighted by atomic mass is 9.84. The van der Waals surface area contributed by atoms with Crippen LogP contribution in [0, 0.1) is 6.92 Å². The van der Waals surface area contributed by atoms with Gasteiger partial charge in [0.15, 0.2) is 0 Å². The molecule has 0 radical (unpaired) electrons. The smallest absolute Gasteiger partial charge is 0.0920 e. The highest BCUT2D eigenvalue weighted by Gasteiger charge is 2.30. The molecule has 3 rings (SSSR count). The first-order chi connectivity index (χ1) is 10.6. The van der Waals surface area contributed by atoms with Gasteiger partial charge in [-0.05, 0) is 44.0 Å². The molecule has 0 unspecified atom stereocenters. The van der Waals surface area contributed by atoms with Crippen LogP contribution in [-0.2, 0) is 12.1 Å². The Morgan fingerprint density at radius 3 is 2.27 bits per heavy atom. The van der Waals surface area contributed by atoms with Crippen LogP contribution >= 0.6 is 0 Å². The van der Waals surface area contributed by atoms with Gasteiger partial charge in [0.2, 0.25) is 0 Å². The van der Waals surface area contributed by atoms with Gasteiger partial charge < -0.3 is 16.2 Å². The largest absolute Gasteiger partial charge is 0.385 e. The SMILES string of the molecule is Cc1ccccc1.NCc1cccc(C2(O)CCNCC2)c1. The minimum absolute atomic E-state index is 0.530. The van der Waals surface area contributed by atoms with E-state index in [0.29, 0.717) is 6.54 Å². The van der Waals surface area contributed by atoms with Crippen molar-refractivity contribution in [3.05, 3.63) is 71.3 Å². The molecule has 2 aromatic rings. The zero-order valence-corrected chi connectivity index (χ0v) is 13.3. The zero-order chi connectivity index (χ0) is 15.8. The molecule has 2 aromatic carbocycles. The molecule has 0 spiro atoms. The molecule has 0 saturated carbocycles. The van der Waals surface area contributed by atoms with Crippen LogP contribution in [0.3, 0.4) is 0 Å². The van der Waals surface area contributed by atoms with E-state index in [1.807, 2.05) is 42.5 Å². The Kier molecular flexibility index (Phi) is 6.13. The van der Waals surface area contributed by atoms with E-state index in [4.69, 9.17) is 5.73 Å². The molecule has 1 fully saturated rings. The van der Waals surface area contributed by atoms with E-state index in [1.165, 1.54) is 5.56 Å². The Morgan fingerprint density at radius 1 is 1.05 bits per heavy atom. The van der Waals surface area contributed by atoms with Crippen molar-refractivity contribution in [2.24, 2.45) is 5.73 Å². The number of hydrogen-bond donors (Lipinski definition) is 3. The van der Waals surface area contributed by atoms with Crippen molar-refractivity contribution in [1.29, 1.82) is 0 Å². The van der Waals surface area contributed by atoms with Crippen LogP contribution in [0.15, 0.2) is 54.6 Å². The summed E-state index contributed by atoms with van der Waals surface area (Å²) in [5.41, 5.74) is 8.35. The topological polar surface area (TPSA) is 58.3 Å². The minimum Gasteiger partial charge on any atom is -0.385 e. The Morgan fingerprint density at radius 2 is 1.73 bits per heavy atom. The van der Waals surface area contributed by atoms with Gasteiger partial charge in [0, 0.05) is 6.54 Å². The third kappa shape index (κ3) is 4.67. The zero-order valence-electron chi connectivity index (χ0n) is 13.3. The summed E-state index contributed by atoms with van der Waals surface area (Å²) in [5, 5.41) is 13.7. The number of benzene rings is 2. The molecule has 3 heteroatoms. The molecule has 1 aliphatic heterocycles. The first-order valence-electron chi connectivity index (χ1n) is 7.88. The fraction of sp³-hybridized carbons (Fsp3) is 0.368. The highest BCUT2D eigenvalue weighted by Crippen LogP contribution is 2.30. The van der Waals surface area contributed by atoms with E-state index in [9.17, 15) is 5.11 Å². The van der Waals surface area contributed by atoms with E-state index in [1.54, 1.807) is 0 Å². The second-order valence-corrected chi connectivity index (χ2v) is 5.84. The number of nitrogens with one attached hydrogen (secondary N) is 1. The second-order valence-electron chi connectivity index (χ2n) is 5.84. The van der Waals surface area contributed by atoms with Crippen LogP contribution in [0.25, 0.3) is 0 Å². The second kappa shape index (κ2) is 8.08. The van der Waals surface area contributed by atoms with Crippen LogP contribution in [0.5, 0.6) is 0 Å². The van der Waals surface area contributed by atoms with Crippen molar-refractivity contribution in [2.75, 3.05) is 13.1 Å². The molecule has 118 valence electrons. The highest BCUT2D eigenvalue weighted by molar-refractivity contribution is 5.28. The van der Waals surface area contributed by atoms with E-state index in [0.717, 1.165) is 37.1 Å². The number of rotatable bonds is 2. The summed E-state index contributed by atoms with van der Waals surface area (Å²) in [5.74, 6) is 0. The van der Waals surface area contributed by atoms with Gasteiger partial charge in [-0.15, -0.1) is 0 Å². The molecule has 0 aromatic heterocycles. The monoisotopic (exact) mass is 298 g/mol. The standard InChI is InChI=1S/C12H18N2O.C7H8/c13-9-10-2-1-3-11(8-10)12(15)4-6-14-7-5-12;1-7-5-3-2-4-6-7/h1-3,8,14-15H,4-7,9,13H2;2-6H,1H3. The van der Waals surface area contributed by atoms with Crippen molar-refractivity contribution in [3.63, 3.8) is 0 Å². The molecule has 1 aliphatic rings. The van der Waals surface area contributed by atoms with Gasteiger partial charge in [-0.2, -0.15) is 0 Å². The summed E-state index contributed by atoms with van der Waals surface area (Å²) in [7, 11) is 0. The fourth-order valence-electron chi connectivity index (χ4n) is 2.65. The van der Waals surface area contributed by atoms with Crippen molar-refractivity contribution >= 4 is 0 Å². The molecule has 1 heterocycles. The lowest BCUT2D eigenvalue weighted by molar-refractivity contribution is 0.00588. The summed E-state index contributed by atoms with van der Waals surface area (Å²) in [6.45, 7) is 4.37. The maximum atomic E-state index is 10.5. The lowest BCUT2D eigenvalue weighted by Crippen LogP contribution is -2.39. The summed E-state index contributed by atoms with van der Waals surface area (Å²) in [6.07, 6.45) is 1.56. The minimum atomic E-state index is -0.656. The van der Waals surface area contributed by atoms with Gasteiger partial charge in [0.25, 0.3) is 0 Å². The lowest BCUT2D eigenvalue weighted by Gasteiger charge is -2.33. The predicted molar refractivity (Wildman–Crippen MR) is 91.5 cm³/mol. The van der Waals surface area contributed by atoms with Crippen LogP contribution < -0.4 is 11.1 Å². The number of aryl methyl sites for hydroxylation is 1. The third-order valence-corrected chi connectivity index (χ3v) is 4.07. The summed E-state index contributed by atoms with van der Waals surface area (Å²) < 4.78 is 0. The number of hydrogen-bond acceptors (Lipinski definition) is 3. The van der Waals surface area contributed by atoms with E-state index in [-0.39, 0.29) is 0 Å². The molecule has 0 atom stereocenters. The van der Waals surface area contributed by atoms with Gasteiger partial charge in [0.05, 0.1) is 5.60 Å². The van der Waals surface area contributed by atoms with Gasteiger partial charge in [-0.3, -0.25) is 0 Å². The van der Waals surface area contributed by atoms with Crippen molar-refractivity contribution < 1.29 is 5.11 Å². The van der Waals surface area contributed by atoms with Crippen LogP contribution in [0.4, 0.5) is 0 Å². The molecule has 0 bridgehead atoms. The molecular formula is C19H26N2O. The number of nitrogens with two attached hydrogens (primary N) is 1. The van der Waals surface area contributed by atoms with Crippen molar-refractivity contribution in [1.82, 2.24) is 5.32 Å². The molecule has 4 N–H and O–H groups in total. The van der Waals surface area contributed by atoms with Gasteiger partial charge in [0.1, 0.15) is 0 Å². The molecule has 1 saturated heterocycles. The molecule has 3 nitrogen and oxygen atoms in total. The van der Waals surface area contributed by atoms with E-state index < -0.39 is 5.60 Å². The Hall–Kier alpha value is -1.68. The molecule has 0 amide bonds. The average Bonchev–Trinajstić information content (AvgIpc) is 2.57. The highest BCUT2D eigenvalue weighted by atomic mass is 16.3. The Balaban J connectivity index is 0.000000211. The van der Waals surface area contributed by atoms with Crippen molar-refractivity contribution in [3.8, 4) is 0 Å². The average molecular weight is 298 g/mol. The van der Waals surface area contributed by atoms with Crippen LogP contribution in [-0.4, -0.2) is 18.2 Å².